The van der Waals surface area contributed by atoms with Crippen LogP contribution in [0.5, 0.6) is 5.75 Å². The fraction of sp³-hybridized carbons (Fsp3) is 0.140. The van der Waals surface area contributed by atoms with E-state index in [4.69, 9.17) is 14.7 Å². The van der Waals surface area contributed by atoms with E-state index in [1.54, 1.807) is 0 Å². The summed E-state index contributed by atoms with van der Waals surface area (Å²) in [5, 5.41) is 13.0. The zero-order valence-corrected chi connectivity index (χ0v) is 27.9. The third-order valence-electron chi connectivity index (χ3n) is 10.2. The van der Waals surface area contributed by atoms with Gasteiger partial charge in [-0.3, -0.25) is 4.98 Å². The van der Waals surface area contributed by atoms with Gasteiger partial charge in [0, 0.05) is 47.7 Å². The van der Waals surface area contributed by atoms with Crippen LogP contribution in [0.1, 0.15) is 36.4 Å². The van der Waals surface area contributed by atoms with E-state index in [2.05, 4.69) is 129 Å². The molecule has 3 N–H and O–H groups in total. The topological polar surface area (TPSA) is 87.9 Å². The van der Waals surface area contributed by atoms with Crippen LogP contribution in [-0.2, 0) is 0 Å². The van der Waals surface area contributed by atoms with E-state index < -0.39 is 0 Å². The minimum absolute atomic E-state index is 0.218. The fourth-order valence-corrected chi connectivity index (χ4v) is 7.62. The van der Waals surface area contributed by atoms with Crippen LogP contribution in [0.2, 0.25) is 0 Å². The largest absolute Gasteiger partial charge is 0.464 e. The standard InChI is InChI=1S/C43H35N7O/c1-2-6-31(7-3-1)43-46-35-18-19-37-38(39(35)51-43)34-8-4-5-9-36(34)50(37)33-16-14-30(15-17-33)41-47-40(48-42(49-41)32-22-25-45-26-32)29-12-10-27(11-13-29)28-20-23-44-24-21-28/h1-14,16,18-24,40,43,45-46H,15,17,25-26H2,(H,47,48,49). The summed E-state index contributed by atoms with van der Waals surface area (Å²) in [6, 6.07) is 36.0. The van der Waals surface area contributed by atoms with E-state index >= 15 is 0 Å². The van der Waals surface area contributed by atoms with Gasteiger partial charge in [0.2, 0.25) is 0 Å². The predicted molar refractivity (Wildman–Crippen MR) is 206 cm³/mol. The molecule has 0 fully saturated rings. The highest BCUT2D eigenvalue weighted by Crippen LogP contribution is 2.48. The van der Waals surface area contributed by atoms with E-state index in [0.717, 1.165) is 82.2 Å². The minimum Gasteiger partial charge on any atom is -0.464 e. The van der Waals surface area contributed by atoms with Crippen molar-refractivity contribution in [2.75, 3.05) is 18.4 Å². The summed E-state index contributed by atoms with van der Waals surface area (Å²) < 4.78 is 9.04. The van der Waals surface area contributed by atoms with Crippen molar-refractivity contribution in [2.24, 2.45) is 9.98 Å². The van der Waals surface area contributed by atoms with Crippen molar-refractivity contribution in [1.82, 2.24) is 20.2 Å². The number of pyridine rings is 1. The van der Waals surface area contributed by atoms with Crippen LogP contribution >= 0.6 is 0 Å². The number of allylic oxidation sites excluding steroid dienone is 3. The molecule has 8 nitrogen and oxygen atoms in total. The van der Waals surface area contributed by atoms with Gasteiger partial charge >= 0.3 is 0 Å². The highest BCUT2D eigenvalue weighted by Gasteiger charge is 2.29. The highest BCUT2D eigenvalue weighted by molar-refractivity contribution is 6.17. The molecule has 3 aliphatic heterocycles. The fourth-order valence-electron chi connectivity index (χ4n) is 7.62. The van der Waals surface area contributed by atoms with Crippen molar-refractivity contribution in [1.29, 1.82) is 0 Å². The number of anilines is 1. The number of aliphatic imine (C=N–C) groups is 2. The Morgan fingerprint density at radius 3 is 2.25 bits per heavy atom. The average molecular weight is 666 g/mol. The molecule has 1 aliphatic carbocycles. The monoisotopic (exact) mass is 665 g/mol. The zero-order chi connectivity index (χ0) is 33.7. The summed E-state index contributed by atoms with van der Waals surface area (Å²) in [7, 11) is 0. The number of rotatable bonds is 6. The maximum absolute atomic E-state index is 6.64. The van der Waals surface area contributed by atoms with Gasteiger partial charge in [0.05, 0.1) is 22.1 Å². The van der Waals surface area contributed by atoms with Crippen LogP contribution in [0.15, 0.2) is 155 Å². The molecule has 6 aromatic rings. The summed E-state index contributed by atoms with van der Waals surface area (Å²) in [6.07, 6.45) is 11.5. The molecule has 0 saturated carbocycles. The van der Waals surface area contributed by atoms with Crippen molar-refractivity contribution >= 4 is 44.9 Å². The smallest absolute Gasteiger partial charge is 0.196 e. The van der Waals surface area contributed by atoms with Crippen molar-refractivity contribution < 1.29 is 4.74 Å². The number of amidine groups is 2. The third-order valence-corrected chi connectivity index (χ3v) is 10.2. The zero-order valence-electron chi connectivity index (χ0n) is 27.9. The van der Waals surface area contributed by atoms with Gasteiger partial charge in [0.15, 0.2) is 18.1 Å². The van der Waals surface area contributed by atoms with E-state index in [1.807, 2.05) is 30.6 Å². The Morgan fingerprint density at radius 1 is 0.686 bits per heavy atom. The molecule has 0 bridgehead atoms. The summed E-state index contributed by atoms with van der Waals surface area (Å²) in [6.45, 7) is 1.64. The normalized spacial score (nSPS) is 19.6. The summed E-state index contributed by atoms with van der Waals surface area (Å²) >= 11 is 0. The number of nitrogens with one attached hydrogen (secondary N) is 3. The number of nitrogens with zero attached hydrogens (tertiary/aromatic N) is 4. The van der Waals surface area contributed by atoms with E-state index in [1.165, 1.54) is 27.7 Å². The highest BCUT2D eigenvalue weighted by atomic mass is 16.5. The number of benzene rings is 4. The molecule has 4 aliphatic rings. The van der Waals surface area contributed by atoms with Gasteiger partial charge in [-0.1, -0.05) is 84.9 Å². The van der Waals surface area contributed by atoms with Crippen molar-refractivity contribution in [2.45, 2.75) is 25.2 Å². The van der Waals surface area contributed by atoms with Crippen LogP contribution in [0, 0.1) is 0 Å². The van der Waals surface area contributed by atoms with Crippen molar-refractivity contribution in [3.05, 3.63) is 156 Å². The van der Waals surface area contributed by atoms with Gasteiger partial charge in [-0.25, -0.2) is 9.98 Å². The number of aromatic nitrogens is 2. The molecule has 0 saturated heterocycles. The number of ether oxygens (including phenoxy) is 1. The van der Waals surface area contributed by atoms with Gasteiger partial charge in [0.1, 0.15) is 11.7 Å². The van der Waals surface area contributed by atoms with Gasteiger partial charge in [0.25, 0.3) is 0 Å². The molecule has 10 rings (SSSR count). The lowest BCUT2D eigenvalue weighted by molar-refractivity contribution is 0.263. The van der Waals surface area contributed by atoms with Gasteiger partial charge in [-0.05, 0) is 71.5 Å². The van der Waals surface area contributed by atoms with Gasteiger partial charge in [-0.2, -0.15) is 0 Å². The van der Waals surface area contributed by atoms with Crippen LogP contribution in [0.4, 0.5) is 5.69 Å². The third kappa shape index (κ3) is 5.23. The van der Waals surface area contributed by atoms with Crippen LogP contribution in [0.25, 0.3) is 38.6 Å². The summed E-state index contributed by atoms with van der Waals surface area (Å²) in [5.74, 6) is 2.69. The van der Waals surface area contributed by atoms with Crippen LogP contribution in [0.3, 0.4) is 0 Å². The van der Waals surface area contributed by atoms with Crippen LogP contribution < -0.4 is 20.7 Å². The Bertz CT molecular complexity index is 2470. The molecule has 4 aromatic carbocycles. The Balaban J connectivity index is 1.00. The van der Waals surface area contributed by atoms with Crippen LogP contribution in [-0.4, -0.2) is 34.3 Å². The molecule has 0 amide bonds. The lowest BCUT2D eigenvalue weighted by Crippen LogP contribution is -2.38. The number of fused-ring (bicyclic) bond motifs is 5. The summed E-state index contributed by atoms with van der Waals surface area (Å²) in [4.78, 5) is 14.4. The first-order valence-electron chi connectivity index (χ1n) is 17.5. The van der Waals surface area contributed by atoms with Crippen molar-refractivity contribution in [3.8, 4) is 16.9 Å². The maximum atomic E-state index is 6.64. The van der Waals surface area contributed by atoms with E-state index in [-0.39, 0.29) is 12.4 Å². The molecule has 2 unspecified atom stereocenters. The Hall–Kier alpha value is -6.25. The molecule has 2 atom stereocenters. The Labute approximate surface area is 295 Å². The lowest BCUT2D eigenvalue weighted by Gasteiger charge is -2.25. The summed E-state index contributed by atoms with van der Waals surface area (Å²) in [5.41, 5.74) is 11.4. The molecule has 51 heavy (non-hydrogen) atoms. The predicted octanol–water partition coefficient (Wildman–Crippen LogP) is 8.55. The van der Waals surface area contributed by atoms with Gasteiger partial charge < -0.3 is 25.3 Å². The van der Waals surface area contributed by atoms with E-state index in [9.17, 15) is 0 Å². The maximum Gasteiger partial charge on any atom is 0.196 e. The number of hydrogen-bond donors (Lipinski definition) is 3. The lowest BCUT2D eigenvalue weighted by atomic mass is 9.99. The minimum atomic E-state index is -0.330. The quantitative estimate of drug-likeness (QED) is 0.166. The first kappa shape index (κ1) is 29.6. The molecule has 8 heteroatoms. The Morgan fingerprint density at radius 2 is 1.47 bits per heavy atom. The molecular weight excluding hydrogens is 631 g/mol. The average Bonchev–Trinajstić information content (AvgIpc) is 3.97. The van der Waals surface area contributed by atoms with Gasteiger partial charge in [-0.15, -0.1) is 0 Å². The SMILES string of the molecule is C1=C(C2=NC(c3ccc(-c4ccncc4)cc3)N=C(C3=CCNC3)N2)CCC(n2c3ccccc3c3c4c(ccc32)NC(c2ccccc2)O4)=C1. The molecular formula is C43H35N7O. The molecule has 0 spiro atoms. The molecule has 0 radical (unpaired) electrons. The van der Waals surface area contributed by atoms with Crippen molar-refractivity contribution in [3.63, 3.8) is 0 Å². The molecule has 248 valence electrons. The van der Waals surface area contributed by atoms with E-state index in [0.29, 0.717) is 0 Å². The number of para-hydroxylation sites is 1. The second-order valence-corrected chi connectivity index (χ2v) is 13.3. The second kappa shape index (κ2) is 12.3. The molecule has 2 aromatic heterocycles. The first-order chi connectivity index (χ1) is 25.3. The first-order valence-corrected chi connectivity index (χ1v) is 17.5. The Kier molecular flexibility index (Phi) is 7.13. The second-order valence-electron chi connectivity index (χ2n) is 13.3. The molecule has 5 heterocycles. The number of hydrogen-bond acceptors (Lipinski definition) is 7.